The molecule has 0 bridgehead atoms. The van der Waals surface area contributed by atoms with Gasteiger partial charge in [0.05, 0.1) is 6.42 Å². The minimum Gasteiger partial charge on any atom is -0.357 e. The highest BCUT2D eigenvalue weighted by molar-refractivity contribution is 6.43. The number of hydrogen-bond donors (Lipinski definition) is 1. The van der Waals surface area contributed by atoms with Crippen LogP contribution >= 0.6 is 0 Å². The molecule has 3 aliphatic rings. The summed E-state index contributed by atoms with van der Waals surface area (Å²) in [4.78, 5) is 36.9. The van der Waals surface area contributed by atoms with Crippen LogP contribution in [0.5, 0.6) is 0 Å². The molecular weight excluding hydrogens is 320 g/mol. The first-order valence-electron chi connectivity index (χ1n) is 8.93. The third-order valence-corrected chi connectivity index (χ3v) is 5.13. The highest BCUT2D eigenvalue weighted by Crippen LogP contribution is 2.27. The van der Waals surface area contributed by atoms with Gasteiger partial charge in [0.1, 0.15) is 17.4 Å². The summed E-state index contributed by atoms with van der Waals surface area (Å²) in [5.41, 5.74) is 2.65. The Morgan fingerprint density at radius 2 is 1.92 bits per heavy atom. The summed E-state index contributed by atoms with van der Waals surface area (Å²) in [5.74, 6) is 1.82. The molecule has 2 fully saturated rings. The van der Waals surface area contributed by atoms with Gasteiger partial charge in [0.15, 0.2) is 0 Å². The van der Waals surface area contributed by atoms with Gasteiger partial charge in [-0.05, 0) is 31.7 Å². The van der Waals surface area contributed by atoms with E-state index in [2.05, 4.69) is 20.4 Å². The molecule has 4 rings (SSSR count). The maximum atomic E-state index is 12.4. The van der Waals surface area contributed by atoms with Crippen molar-refractivity contribution in [3.63, 3.8) is 0 Å². The second-order valence-electron chi connectivity index (χ2n) is 6.80. The predicted molar refractivity (Wildman–Crippen MR) is 92.2 cm³/mol. The highest BCUT2D eigenvalue weighted by Gasteiger charge is 2.30. The average Bonchev–Trinajstić information content (AvgIpc) is 3.33. The first-order valence-corrected chi connectivity index (χ1v) is 8.93. The smallest absolute Gasteiger partial charge is 0.270 e. The minimum absolute atomic E-state index is 0.0831. The number of aromatic nitrogens is 2. The van der Waals surface area contributed by atoms with Gasteiger partial charge in [0.2, 0.25) is 5.91 Å². The Morgan fingerprint density at radius 3 is 2.60 bits per heavy atom. The topological polar surface area (TPSA) is 90.8 Å². The lowest BCUT2D eigenvalue weighted by atomic mass is 9.95. The lowest BCUT2D eigenvalue weighted by Gasteiger charge is -2.31. The van der Waals surface area contributed by atoms with E-state index in [4.69, 9.17) is 4.98 Å². The van der Waals surface area contributed by atoms with E-state index < -0.39 is 0 Å². The van der Waals surface area contributed by atoms with Crippen LogP contribution in [0.1, 0.15) is 43.8 Å². The predicted octanol–water partition coefficient (Wildman–Crippen LogP) is 0.659. The monoisotopic (exact) mass is 342 g/mol. The molecule has 2 saturated heterocycles. The fourth-order valence-corrected chi connectivity index (χ4v) is 3.69. The normalized spacial score (nSPS) is 21.4. The van der Waals surface area contributed by atoms with Crippen molar-refractivity contribution in [1.82, 2.24) is 20.3 Å². The standard InChI is InChI=1S/C17H22N6O2/c24-15-11-13(20-21-15)17(25)23-9-4-12(5-10-23)16-18-6-3-14(19-16)22-7-1-2-8-22/h3,6,12H,1-2,4-5,7-11H2,(H,21,24). The van der Waals surface area contributed by atoms with Gasteiger partial charge in [-0.15, -0.1) is 0 Å². The van der Waals surface area contributed by atoms with Crippen molar-refractivity contribution in [3.05, 3.63) is 18.1 Å². The number of rotatable bonds is 3. The van der Waals surface area contributed by atoms with Gasteiger partial charge >= 0.3 is 0 Å². The Morgan fingerprint density at radius 1 is 1.16 bits per heavy atom. The van der Waals surface area contributed by atoms with Crippen LogP contribution in [0.2, 0.25) is 0 Å². The number of nitrogens with zero attached hydrogens (tertiary/aromatic N) is 5. The number of likely N-dealkylation sites (tertiary alicyclic amines) is 1. The molecule has 1 aromatic rings. The summed E-state index contributed by atoms with van der Waals surface area (Å²) in [7, 11) is 0. The fraction of sp³-hybridized carbons (Fsp3) is 0.588. The number of carbonyl (C=O) groups is 2. The number of amides is 2. The van der Waals surface area contributed by atoms with Crippen molar-refractivity contribution in [2.75, 3.05) is 31.1 Å². The van der Waals surface area contributed by atoms with Crippen LogP contribution in [0.3, 0.4) is 0 Å². The molecule has 3 aliphatic heterocycles. The summed E-state index contributed by atoms with van der Waals surface area (Å²) in [6.07, 6.45) is 6.05. The SMILES string of the molecule is O=C1CC(C(=O)N2CCC(c3nccc(N4CCCC4)n3)CC2)=NN1. The number of hydrazone groups is 1. The number of nitrogens with one attached hydrogen (secondary N) is 1. The molecule has 0 aliphatic carbocycles. The van der Waals surface area contributed by atoms with Gasteiger partial charge in [-0.25, -0.2) is 15.4 Å². The highest BCUT2D eigenvalue weighted by atomic mass is 16.2. The van der Waals surface area contributed by atoms with E-state index in [0.717, 1.165) is 37.6 Å². The van der Waals surface area contributed by atoms with E-state index in [0.29, 0.717) is 18.8 Å². The van der Waals surface area contributed by atoms with Crippen LogP contribution in [0.15, 0.2) is 17.4 Å². The lowest BCUT2D eigenvalue weighted by molar-refractivity contribution is -0.125. The molecule has 8 heteroatoms. The van der Waals surface area contributed by atoms with Gasteiger partial charge in [-0.3, -0.25) is 9.59 Å². The molecule has 0 radical (unpaired) electrons. The van der Waals surface area contributed by atoms with E-state index in [1.807, 2.05) is 12.3 Å². The Hall–Kier alpha value is -2.51. The molecule has 0 atom stereocenters. The van der Waals surface area contributed by atoms with E-state index in [9.17, 15) is 9.59 Å². The van der Waals surface area contributed by atoms with Gasteiger partial charge in [-0.1, -0.05) is 0 Å². The third-order valence-electron chi connectivity index (χ3n) is 5.13. The summed E-state index contributed by atoms with van der Waals surface area (Å²) < 4.78 is 0. The Labute approximate surface area is 146 Å². The fourth-order valence-electron chi connectivity index (χ4n) is 3.69. The molecule has 0 spiro atoms. The van der Waals surface area contributed by atoms with Gasteiger partial charge in [-0.2, -0.15) is 5.10 Å². The Kier molecular flexibility index (Phi) is 4.33. The quantitative estimate of drug-likeness (QED) is 0.871. The molecule has 0 unspecified atom stereocenters. The largest absolute Gasteiger partial charge is 0.357 e. The van der Waals surface area contributed by atoms with Crippen LogP contribution in [-0.4, -0.2) is 58.6 Å². The minimum atomic E-state index is -0.217. The van der Waals surface area contributed by atoms with Gasteiger partial charge < -0.3 is 9.80 Å². The summed E-state index contributed by atoms with van der Waals surface area (Å²) in [6.45, 7) is 3.43. The van der Waals surface area contributed by atoms with Crippen LogP contribution in [0, 0.1) is 0 Å². The molecular formula is C17H22N6O2. The second kappa shape index (κ2) is 6.78. The van der Waals surface area contributed by atoms with Gasteiger partial charge in [0, 0.05) is 38.3 Å². The number of anilines is 1. The molecule has 0 saturated carbocycles. The van der Waals surface area contributed by atoms with Crippen LogP contribution in [0.4, 0.5) is 5.82 Å². The van der Waals surface area contributed by atoms with E-state index in [1.165, 1.54) is 12.8 Å². The third kappa shape index (κ3) is 3.33. The molecule has 8 nitrogen and oxygen atoms in total. The van der Waals surface area contributed by atoms with Crippen molar-refractivity contribution in [2.45, 2.75) is 38.0 Å². The van der Waals surface area contributed by atoms with Crippen molar-refractivity contribution < 1.29 is 9.59 Å². The maximum Gasteiger partial charge on any atom is 0.270 e. The first kappa shape index (κ1) is 16.0. The van der Waals surface area contributed by atoms with Crippen LogP contribution in [-0.2, 0) is 9.59 Å². The summed E-state index contributed by atoms with van der Waals surface area (Å²) in [5, 5.41) is 3.82. The van der Waals surface area contributed by atoms with E-state index in [1.54, 1.807) is 4.90 Å². The van der Waals surface area contributed by atoms with E-state index >= 15 is 0 Å². The van der Waals surface area contributed by atoms with Gasteiger partial charge in [0.25, 0.3) is 5.91 Å². The molecule has 25 heavy (non-hydrogen) atoms. The average molecular weight is 342 g/mol. The van der Waals surface area contributed by atoms with Crippen molar-refractivity contribution in [2.24, 2.45) is 5.10 Å². The molecule has 1 N–H and O–H groups in total. The molecule has 1 aromatic heterocycles. The summed E-state index contributed by atoms with van der Waals surface area (Å²) >= 11 is 0. The summed E-state index contributed by atoms with van der Waals surface area (Å²) in [6, 6.07) is 1.98. The maximum absolute atomic E-state index is 12.4. The van der Waals surface area contributed by atoms with E-state index in [-0.39, 0.29) is 24.2 Å². The molecule has 4 heterocycles. The first-order chi connectivity index (χ1) is 12.2. The molecule has 132 valence electrons. The number of piperidine rings is 1. The van der Waals surface area contributed by atoms with Crippen LogP contribution < -0.4 is 10.3 Å². The van der Waals surface area contributed by atoms with Crippen molar-refractivity contribution >= 4 is 23.3 Å². The van der Waals surface area contributed by atoms with Crippen molar-refractivity contribution in [1.29, 1.82) is 0 Å². The molecule has 0 aromatic carbocycles. The molecule has 2 amide bonds. The van der Waals surface area contributed by atoms with Crippen LogP contribution in [0.25, 0.3) is 0 Å². The Bertz CT molecular complexity index is 705. The zero-order valence-electron chi connectivity index (χ0n) is 14.1. The zero-order chi connectivity index (χ0) is 17.2. The Balaban J connectivity index is 1.38. The number of carbonyl (C=O) groups excluding carboxylic acids is 2. The second-order valence-corrected chi connectivity index (χ2v) is 6.80. The number of hydrogen-bond acceptors (Lipinski definition) is 6. The lowest BCUT2D eigenvalue weighted by Crippen LogP contribution is -2.41. The van der Waals surface area contributed by atoms with Crippen molar-refractivity contribution in [3.8, 4) is 0 Å². The zero-order valence-corrected chi connectivity index (χ0v) is 14.1.